The summed E-state index contributed by atoms with van der Waals surface area (Å²) in [7, 11) is -4.16. The number of hydrogen-bond donors (Lipinski definition) is 1. The molecule has 0 saturated heterocycles. The topological polar surface area (TPSA) is 107 Å². The number of pyridine rings is 2. The molecule has 1 N–H and O–H groups in total. The normalized spacial score (nSPS) is 11.3. The highest BCUT2D eigenvalue weighted by Gasteiger charge is 2.24. The van der Waals surface area contributed by atoms with Crippen LogP contribution in [0.3, 0.4) is 0 Å². The van der Waals surface area contributed by atoms with Gasteiger partial charge in [-0.05, 0) is 63.1 Å². The molecule has 2 heterocycles. The first-order valence-electron chi connectivity index (χ1n) is 10.5. The highest BCUT2D eigenvalue weighted by Crippen LogP contribution is 2.31. The lowest BCUT2D eigenvalue weighted by atomic mass is 10.1. The van der Waals surface area contributed by atoms with E-state index >= 15 is 0 Å². The number of benzene rings is 1. The molecule has 0 radical (unpaired) electrons. The number of aromatic nitrogens is 2. The summed E-state index contributed by atoms with van der Waals surface area (Å²) in [4.78, 5) is 21.3. The first-order chi connectivity index (χ1) is 15.7. The van der Waals surface area contributed by atoms with Gasteiger partial charge in [0.1, 0.15) is 11.3 Å². The molecular weight excluding hydrogens is 442 g/mol. The van der Waals surface area contributed by atoms with Gasteiger partial charge in [0.15, 0.2) is 5.03 Å². The zero-order chi connectivity index (χ0) is 24.0. The number of nitrogens with one attached hydrogen (secondary N) is 1. The molecular formula is C24H27N3O5S. The summed E-state index contributed by atoms with van der Waals surface area (Å²) < 4.78 is 38.7. The summed E-state index contributed by atoms with van der Waals surface area (Å²) >= 11 is 0. The molecule has 33 heavy (non-hydrogen) atoms. The molecule has 3 rings (SSSR count). The third kappa shape index (κ3) is 6.15. The zero-order valence-corrected chi connectivity index (χ0v) is 19.9. The minimum Gasteiger partial charge on any atom is -0.438 e. The van der Waals surface area contributed by atoms with Crippen LogP contribution in [-0.4, -0.2) is 37.5 Å². The maximum atomic E-state index is 13.0. The second-order valence-corrected chi connectivity index (χ2v) is 9.16. The number of rotatable bonds is 9. The van der Waals surface area contributed by atoms with Crippen molar-refractivity contribution in [2.24, 2.45) is 0 Å². The van der Waals surface area contributed by atoms with E-state index in [0.29, 0.717) is 31.1 Å². The molecule has 0 unspecified atom stereocenters. The Kier molecular flexibility index (Phi) is 7.78. The molecule has 0 aliphatic rings. The predicted molar refractivity (Wildman–Crippen MR) is 124 cm³/mol. The standard InChI is InChI=1S/C24H27N3O5S/c1-5-31-13-11-19-9-10-20(23(28)27-33(29,30)21-8-6-7-12-25-21)24(26-19)32-22-17(3)14-16(2)15-18(22)4/h6-10,12,14-15H,5,11,13H2,1-4H3,(H,27,28). The van der Waals surface area contributed by atoms with Crippen molar-refractivity contribution >= 4 is 15.9 Å². The van der Waals surface area contributed by atoms with Crippen molar-refractivity contribution < 1.29 is 22.7 Å². The van der Waals surface area contributed by atoms with Crippen LogP contribution in [0.25, 0.3) is 0 Å². The largest absolute Gasteiger partial charge is 0.438 e. The van der Waals surface area contributed by atoms with Crippen LogP contribution in [0.5, 0.6) is 11.6 Å². The van der Waals surface area contributed by atoms with E-state index in [9.17, 15) is 13.2 Å². The van der Waals surface area contributed by atoms with Crippen molar-refractivity contribution in [1.29, 1.82) is 0 Å². The fourth-order valence-electron chi connectivity index (χ4n) is 3.35. The van der Waals surface area contributed by atoms with Crippen molar-refractivity contribution in [3.05, 3.63) is 76.6 Å². The first-order valence-corrected chi connectivity index (χ1v) is 12.0. The van der Waals surface area contributed by atoms with Crippen LogP contribution >= 0.6 is 0 Å². The minimum absolute atomic E-state index is 0.00552. The van der Waals surface area contributed by atoms with Gasteiger partial charge >= 0.3 is 0 Å². The van der Waals surface area contributed by atoms with Gasteiger partial charge in [0.05, 0.1) is 6.61 Å². The number of carbonyl (C=O) groups is 1. The van der Waals surface area contributed by atoms with Gasteiger partial charge < -0.3 is 9.47 Å². The van der Waals surface area contributed by atoms with Crippen molar-refractivity contribution in [3.8, 4) is 11.6 Å². The quantitative estimate of drug-likeness (QED) is 0.474. The Bertz CT molecular complexity index is 1220. The van der Waals surface area contributed by atoms with E-state index in [1.54, 1.807) is 12.1 Å². The molecule has 174 valence electrons. The molecule has 0 bridgehead atoms. The molecule has 1 amide bonds. The van der Waals surface area contributed by atoms with Crippen LogP contribution in [0.15, 0.2) is 53.7 Å². The highest BCUT2D eigenvalue weighted by atomic mass is 32.2. The number of aryl methyl sites for hydroxylation is 3. The zero-order valence-electron chi connectivity index (χ0n) is 19.1. The fraction of sp³-hybridized carbons (Fsp3) is 0.292. The fourth-order valence-corrected chi connectivity index (χ4v) is 4.27. The van der Waals surface area contributed by atoms with Crippen molar-refractivity contribution in [3.63, 3.8) is 0 Å². The SMILES string of the molecule is CCOCCc1ccc(C(=O)NS(=O)(=O)c2ccccn2)c(Oc2c(C)cc(C)cc2C)n1. The Morgan fingerprint density at radius 1 is 1.06 bits per heavy atom. The number of hydrogen-bond acceptors (Lipinski definition) is 7. The van der Waals surface area contributed by atoms with Gasteiger partial charge in [0, 0.05) is 24.9 Å². The summed E-state index contributed by atoms with van der Waals surface area (Å²) in [6.45, 7) is 8.74. The molecule has 8 nitrogen and oxygen atoms in total. The van der Waals surface area contributed by atoms with E-state index in [2.05, 4.69) is 14.7 Å². The number of nitrogens with zero attached hydrogens (tertiary/aromatic N) is 2. The second-order valence-electron chi connectivity index (χ2n) is 7.53. The lowest BCUT2D eigenvalue weighted by Crippen LogP contribution is -2.31. The summed E-state index contributed by atoms with van der Waals surface area (Å²) in [5.41, 5.74) is 3.48. The van der Waals surface area contributed by atoms with Gasteiger partial charge in [0.2, 0.25) is 5.88 Å². The van der Waals surface area contributed by atoms with Crippen LogP contribution in [0, 0.1) is 20.8 Å². The maximum Gasteiger partial charge on any atom is 0.281 e. The van der Waals surface area contributed by atoms with Gasteiger partial charge in [-0.15, -0.1) is 0 Å². The maximum absolute atomic E-state index is 13.0. The molecule has 0 spiro atoms. The Hall–Kier alpha value is -3.30. The number of sulfonamides is 1. The highest BCUT2D eigenvalue weighted by molar-refractivity contribution is 7.90. The minimum atomic E-state index is -4.16. The summed E-state index contributed by atoms with van der Waals surface area (Å²) in [5.74, 6) is -0.272. The summed E-state index contributed by atoms with van der Waals surface area (Å²) in [5, 5.41) is -0.257. The first kappa shape index (κ1) is 24.3. The van der Waals surface area contributed by atoms with Crippen LogP contribution in [0.1, 0.15) is 39.7 Å². The second kappa shape index (κ2) is 10.5. The average molecular weight is 470 g/mol. The lowest BCUT2D eigenvalue weighted by Gasteiger charge is -2.16. The molecule has 0 aliphatic carbocycles. The molecule has 0 saturated carbocycles. The third-order valence-corrected chi connectivity index (χ3v) is 6.06. The van der Waals surface area contributed by atoms with Gasteiger partial charge in [-0.3, -0.25) is 4.79 Å². The summed E-state index contributed by atoms with van der Waals surface area (Å²) in [6.07, 6.45) is 1.86. The molecule has 0 fully saturated rings. The Labute approximate surface area is 194 Å². The van der Waals surface area contributed by atoms with Crippen molar-refractivity contribution in [2.45, 2.75) is 39.1 Å². The van der Waals surface area contributed by atoms with E-state index < -0.39 is 15.9 Å². The van der Waals surface area contributed by atoms with Gasteiger partial charge in [-0.1, -0.05) is 23.8 Å². The van der Waals surface area contributed by atoms with Crippen LogP contribution in [0.2, 0.25) is 0 Å². The Morgan fingerprint density at radius 2 is 1.79 bits per heavy atom. The van der Waals surface area contributed by atoms with E-state index in [1.165, 1.54) is 24.4 Å². The predicted octanol–water partition coefficient (Wildman–Crippen LogP) is 3.89. The average Bonchev–Trinajstić information content (AvgIpc) is 2.77. The van der Waals surface area contributed by atoms with Gasteiger partial charge in [-0.25, -0.2) is 14.7 Å². The monoisotopic (exact) mass is 469 g/mol. The lowest BCUT2D eigenvalue weighted by molar-refractivity contribution is 0.0978. The summed E-state index contributed by atoms with van der Waals surface area (Å²) in [6, 6.07) is 11.5. The number of ether oxygens (including phenoxy) is 2. The van der Waals surface area contributed by atoms with Crippen molar-refractivity contribution in [2.75, 3.05) is 13.2 Å². The molecule has 0 atom stereocenters. The number of carbonyl (C=O) groups excluding carboxylic acids is 1. The molecule has 9 heteroatoms. The van der Waals surface area contributed by atoms with E-state index in [1.807, 2.05) is 39.8 Å². The Morgan fingerprint density at radius 3 is 2.42 bits per heavy atom. The van der Waals surface area contributed by atoms with E-state index in [4.69, 9.17) is 9.47 Å². The van der Waals surface area contributed by atoms with E-state index in [-0.39, 0.29) is 16.5 Å². The van der Waals surface area contributed by atoms with Crippen LogP contribution in [0.4, 0.5) is 0 Å². The van der Waals surface area contributed by atoms with Crippen LogP contribution in [-0.2, 0) is 21.2 Å². The van der Waals surface area contributed by atoms with Gasteiger partial charge in [-0.2, -0.15) is 8.42 Å². The molecule has 2 aromatic heterocycles. The van der Waals surface area contributed by atoms with Crippen molar-refractivity contribution in [1.82, 2.24) is 14.7 Å². The smallest absolute Gasteiger partial charge is 0.281 e. The molecule has 3 aromatic rings. The van der Waals surface area contributed by atoms with E-state index in [0.717, 1.165) is 16.7 Å². The molecule has 1 aromatic carbocycles. The van der Waals surface area contributed by atoms with Crippen LogP contribution < -0.4 is 9.46 Å². The third-order valence-electron chi connectivity index (χ3n) is 4.81. The molecule has 0 aliphatic heterocycles. The number of amides is 1. The van der Waals surface area contributed by atoms with Gasteiger partial charge in [0.25, 0.3) is 15.9 Å². The Balaban J connectivity index is 1.97.